The van der Waals surface area contributed by atoms with Gasteiger partial charge in [-0.25, -0.2) is 0 Å². The third kappa shape index (κ3) is 3.83. The first-order valence-corrected chi connectivity index (χ1v) is 9.74. The molecule has 4 rings (SSSR count). The highest BCUT2D eigenvalue weighted by atomic mass is 19.4. The Labute approximate surface area is 167 Å². The van der Waals surface area contributed by atoms with Crippen LogP contribution in [-0.2, 0) is 16.4 Å². The molecule has 1 aliphatic carbocycles. The van der Waals surface area contributed by atoms with E-state index in [2.05, 4.69) is 4.90 Å². The van der Waals surface area contributed by atoms with E-state index < -0.39 is 23.1 Å². The third-order valence-corrected chi connectivity index (χ3v) is 6.17. The Morgan fingerprint density at radius 3 is 2.34 bits per heavy atom. The number of aliphatic carboxylic acids is 1. The maximum Gasteiger partial charge on any atom is 0.416 e. The van der Waals surface area contributed by atoms with Gasteiger partial charge in [0.05, 0.1) is 11.0 Å². The zero-order valence-electron chi connectivity index (χ0n) is 15.9. The van der Waals surface area contributed by atoms with Crippen molar-refractivity contribution in [1.29, 1.82) is 0 Å². The van der Waals surface area contributed by atoms with Gasteiger partial charge in [0.1, 0.15) is 0 Å². The normalized spacial score (nSPS) is 25.1. The molecular weight excluding hydrogens is 381 g/mol. The van der Waals surface area contributed by atoms with Crippen LogP contribution in [0.5, 0.6) is 0 Å². The van der Waals surface area contributed by atoms with Crippen LogP contribution in [-0.4, -0.2) is 48.7 Å². The van der Waals surface area contributed by atoms with Crippen LogP contribution in [0.2, 0.25) is 0 Å². The van der Waals surface area contributed by atoms with Crippen molar-refractivity contribution in [3.05, 3.63) is 65.7 Å². The van der Waals surface area contributed by atoms with E-state index >= 15 is 0 Å². The maximum atomic E-state index is 13.0. The molecule has 1 saturated heterocycles. The molecule has 1 heterocycles. The number of nitrogens with zero attached hydrogens (tertiary/aromatic N) is 2. The lowest BCUT2D eigenvalue weighted by molar-refractivity contribution is -0.140. The largest absolute Gasteiger partial charge is 0.481 e. The first-order chi connectivity index (χ1) is 13.8. The van der Waals surface area contributed by atoms with Crippen LogP contribution in [0.15, 0.2) is 54.6 Å². The Morgan fingerprint density at radius 2 is 1.72 bits per heavy atom. The molecule has 0 aromatic heterocycles. The molecule has 2 aliphatic rings. The second-order valence-electron chi connectivity index (χ2n) is 7.88. The van der Waals surface area contributed by atoms with Gasteiger partial charge in [-0.1, -0.05) is 36.4 Å². The van der Waals surface area contributed by atoms with Gasteiger partial charge < -0.3 is 10.0 Å². The van der Waals surface area contributed by atoms with Crippen molar-refractivity contribution >= 4 is 11.7 Å². The first-order valence-electron chi connectivity index (χ1n) is 9.74. The zero-order chi connectivity index (χ0) is 20.6. The lowest BCUT2D eigenvalue weighted by atomic mass is 9.93. The molecule has 2 fully saturated rings. The number of rotatable bonds is 5. The molecule has 1 aliphatic heterocycles. The van der Waals surface area contributed by atoms with E-state index in [4.69, 9.17) is 0 Å². The van der Waals surface area contributed by atoms with Gasteiger partial charge in [-0.3, -0.25) is 9.69 Å². The number of alkyl halides is 3. The highest BCUT2D eigenvalue weighted by Gasteiger charge is 2.61. The number of carboxylic acid groups (broad SMARTS) is 1. The van der Waals surface area contributed by atoms with E-state index in [1.165, 1.54) is 12.1 Å². The first kappa shape index (κ1) is 19.8. The number of benzene rings is 2. The summed E-state index contributed by atoms with van der Waals surface area (Å²) in [7, 11) is 0. The van der Waals surface area contributed by atoms with E-state index in [-0.39, 0.29) is 5.92 Å². The molecular formula is C22H23F3N2O2. The fraction of sp³-hybridized carbons (Fsp3) is 0.409. The molecule has 2 atom stereocenters. The van der Waals surface area contributed by atoms with Crippen molar-refractivity contribution in [1.82, 2.24) is 4.90 Å². The summed E-state index contributed by atoms with van der Waals surface area (Å²) < 4.78 is 38.9. The van der Waals surface area contributed by atoms with Crippen LogP contribution < -0.4 is 4.90 Å². The van der Waals surface area contributed by atoms with Gasteiger partial charge in [0.25, 0.3) is 0 Å². The minimum Gasteiger partial charge on any atom is -0.481 e. The molecule has 29 heavy (non-hydrogen) atoms. The van der Waals surface area contributed by atoms with Crippen molar-refractivity contribution in [3.63, 3.8) is 0 Å². The molecule has 2 unspecified atom stereocenters. The van der Waals surface area contributed by atoms with Gasteiger partial charge in [0, 0.05) is 38.4 Å². The van der Waals surface area contributed by atoms with Gasteiger partial charge >= 0.3 is 12.1 Å². The van der Waals surface area contributed by atoms with Crippen molar-refractivity contribution in [2.45, 2.75) is 18.0 Å². The van der Waals surface area contributed by atoms with E-state index in [1.807, 2.05) is 35.2 Å². The van der Waals surface area contributed by atoms with Gasteiger partial charge in [-0.15, -0.1) is 0 Å². The number of halogens is 3. The number of carbonyl (C=O) groups is 1. The molecule has 0 spiro atoms. The molecule has 4 nitrogen and oxygen atoms in total. The van der Waals surface area contributed by atoms with Gasteiger partial charge in [-0.05, 0) is 36.1 Å². The fourth-order valence-corrected chi connectivity index (χ4v) is 4.40. The highest BCUT2D eigenvalue weighted by Crippen LogP contribution is 2.54. The minimum atomic E-state index is -4.35. The summed E-state index contributed by atoms with van der Waals surface area (Å²) in [5.41, 5.74) is -0.0147. The van der Waals surface area contributed by atoms with Crippen molar-refractivity contribution < 1.29 is 23.1 Å². The summed E-state index contributed by atoms with van der Waals surface area (Å²) in [4.78, 5) is 16.2. The zero-order valence-corrected chi connectivity index (χ0v) is 15.9. The van der Waals surface area contributed by atoms with Crippen molar-refractivity contribution in [2.75, 3.05) is 37.6 Å². The van der Waals surface area contributed by atoms with Crippen LogP contribution >= 0.6 is 0 Å². The summed E-state index contributed by atoms with van der Waals surface area (Å²) in [5, 5.41) is 9.82. The molecule has 2 aromatic rings. The van der Waals surface area contributed by atoms with E-state index in [1.54, 1.807) is 6.07 Å². The van der Waals surface area contributed by atoms with Crippen LogP contribution in [0.25, 0.3) is 0 Å². The maximum absolute atomic E-state index is 13.0. The summed E-state index contributed by atoms with van der Waals surface area (Å²) in [6, 6.07) is 14.8. The molecule has 7 heteroatoms. The molecule has 2 aromatic carbocycles. The van der Waals surface area contributed by atoms with E-state index in [9.17, 15) is 23.1 Å². The average molecular weight is 404 g/mol. The molecule has 0 bridgehead atoms. The average Bonchev–Trinajstić information content (AvgIpc) is 3.44. The number of hydrogen-bond acceptors (Lipinski definition) is 3. The smallest absolute Gasteiger partial charge is 0.416 e. The van der Waals surface area contributed by atoms with Crippen LogP contribution in [0.1, 0.15) is 17.5 Å². The number of carboxylic acids is 1. The van der Waals surface area contributed by atoms with Crippen LogP contribution in [0.3, 0.4) is 0 Å². The summed E-state index contributed by atoms with van der Waals surface area (Å²) in [6.45, 7) is 3.35. The Bertz CT molecular complexity index is 879. The summed E-state index contributed by atoms with van der Waals surface area (Å²) >= 11 is 0. The summed E-state index contributed by atoms with van der Waals surface area (Å²) in [5.74, 6) is -0.723. The van der Waals surface area contributed by atoms with Crippen LogP contribution in [0, 0.1) is 5.92 Å². The molecule has 154 valence electrons. The summed E-state index contributed by atoms with van der Waals surface area (Å²) in [6.07, 6.45) is -3.72. The third-order valence-electron chi connectivity index (χ3n) is 6.17. The second kappa shape index (κ2) is 7.37. The number of anilines is 1. The van der Waals surface area contributed by atoms with Crippen molar-refractivity contribution in [2.24, 2.45) is 5.92 Å². The predicted octanol–water partition coefficient (Wildman–Crippen LogP) is 3.87. The minimum absolute atomic E-state index is 0.0579. The lowest BCUT2D eigenvalue weighted by Gasteiger charge is -2.36. The lowest BCUT2D eigenvalue weighted by Crippen LogP contribution is -2.47. The van der Waals surface area contributed by atoms with E-state index in [0.29, 0.717) is 44.8 Å². The highest BCUT2D eigenvalue weighted by molar-refractivity contribution is 5.86. The molecule has 0 amide bonds. The predicted molar refractivity (Wildman–Crippen MR) is 104 cm³/mol. The fourth-order valence-electron chi connectivity index (χ4n) is 4.40. The van der Waals surface area contributed by atoms with Crippen LogP contribution in [0.4, 0.5) is 18.9 Å². The molecule has 0 radical (unpaired) electrons. The Kier molecular flexibility index (Phi) is 5.02. The molecule has 1 saturated carbocycles. The Balaban J connectivity index is 1.37. The van der Waals surface area contributed by atoms with Gasteiger partial charge in [0.2, 0.25) is 0 Å². The SMILES string of the molecule is O=C(O)C1(c2ccccc2)CC1CN1CCN(c2cccc(C(F)(F)F)c2)CC1. The van der Waals surface area contributed by atoms with Gasteiger partial charge in [0.15, 0.2) is 0 Å². The Morgan fingerprint density at radius 1 is 1.03 bits per heavy atom. The monoisotopic (exact) mass is 404 g/mol. The quantitative estimate of drug-likeness (QED) is 0.822. The van der Waals surface area contributed by atoms with Gasteiger partial charge in [-0.2, -0.15) is 13.2 Å². The second-order valence-corrected chi connectivity index (χ2v) is 7.88. The van der Waals surface area contributed by atoms with E-state index in [0.717, 1.165) is 11.6 Å². The van der Waals surface area contributed by atoms with Crippen molar-refractivity contribution in [3.8, 4) is 0 Å². The standard InChI is InChI=1S/C22H23F3N2O2/c23-22(24,25)17-7-4-8-19(13-17)27-11-9-26(10-12-27)15-18-14-21(18,20(28)29)16-5-2-1-3-6-16/h1-8,13,18H,9-12,14-15H2,(H,28,29). The Hall–Kier alpha value is -2.54. The number of hydrogen-bond donors (Lipinski definition) is 1. The molecule has 1 N–H and O–H groups in total. The number of piperazine rings is 1. The topological polar surface area (TPSA) is 43.8 Å².